The van der Waals surface area contributed by atoms with Crippen LogP contribution in [0.5, 0.6) is 5.75 Å². The van der Waals surface area contributed by atoms with Gasteiger partial charge in [0.05, 0.1) is 9.79 Å². The van der Waals surface area contributed by atoms with Gasteiger partial charge in [-0.25, -0.2) is 16.8 Å². The summed E-state index contributed by atoms with van der Waals surface area (Å²) in [5, 5.41) is 9.13. The fourth-order valence-corrected chi connectivity index (χ4v) is 2.47. The summed E-state index contributed by atoms with van der Waals surface area (Å²) in [5.41, 5.74) is -0.220. The molecule has 0 atom stereocenters. The van der Waals surface area contributed by atoms with E-state index in [-0.39, 0.29) is 5.56 Å². The largest absolute Gasteiger partial charge is 0.744 e. The SMILES string of the molecule is Cc1cc(S(=O)(=O)[O-])c(O)cc1S(=O)(=O)[O-]. The summed E-state index contributed by atoms with van der Waals surface area (Å²) in [7, 11) is -9.74. The van der Waals surface area contributed by atoms with Gasteiger partial charge in [-0.05, 0) is 24.6 Å². The van der Waals surface area contributed by atoms with Crippen molar-refractivity contribution in [3.05, 3.63) is 17.7 Å². The topological polar surface area (TPSA) is 135 Å². The summed E-state index contributed by atoms with van der Waals surface area (Å²) in [6.45, 7) is 1.14. The van der Waals surface area contributed by atoms with Crippen molar-refractivity contribution < 1.29 is 31.0 Å². The van der Waals surface area contributed by atoms with Crippen molar-refractivity contribution in [1.29, 1.82) is 0 Å². The summed E-state index contributed by atoms with van der Waals surface area (Å²) < 4.78 is 63.9. The van der Waals surface area contributed by atoms with E-state index >= 15 is 0 Å². The molecule has 0 radical (unpaired) electrons. The molecule has 1 aromatic rings. The first-order chi connectivity index (χ1) is 7.03. The lowest BCUT2D eigenvalue weighted by Crippen LogP contribution is -2.05. The molecule has 1 aromatic carbocycles. The van der Waals surface area contributed by atoms with Gasteiger partial charge in [0.25, 0.3) is 0 Å². The first-order valence-corrected chi connectivity index (χ1v) is 6.60. The molecule has 0 spiro atoms. The Labute approximate surface area is 91.8 Å². The van der Waals surface area contributed by atoms with Crippen molar-refractivity contribution in [3.8, 4) is 5.75 Å². The Morgan fingerprint density at radius 3 is 1.81 bits per heavy atom. The molecule has 0 aliphatic carbocycles. The number of benzene rings is 1. The highest BCUT2D eigenvalue weighted by Crippen LogP contribution is 2.28. The molecule has 7 nitrogen and oxygen atoms in total. The van der Waals surface area contributed by atoms with Crippen LogP contribution in [-0.4, -0.2) is 31.0 Å². The summed E-state index contributed by atoms with van der Waals surface area (Å²) in [5.74, 6) is -1.06. The van der Waals surface area contributed by atoms with Crippen LogP contribution in [0.25, 0.3) is 0 Å². The zero-order valence-corrected chi connectivity index (χ0v) is 9.50. The van der Waals surface area contributed by atoms with E-state index in [1.165, 1.54) is 0 Å². The zero-order valence-electron chi connectivity index (χ0n) is 7.87. The van der Waals surface area contributed by atoms with E-state index < -0.39 is 35.8 Å². The van der Waals surface area contributed by atoms with Crippen molar-refractivity contribution in [1.82, 2.24) is 0 Å². The van der Waals surface area contributed by atoms with Crippen molar-refractivity contribution in [3.63, 3.8) is 0 Å². The molecule has 0 aliphatic heterocycles. The van der Waals surface area contributed by atoms with Gasteiger partial charge in [-0.1, -0.05) is 0 Å². The monoisotopic (exact) mass is 266 g/mol. The minimum absolute atomic E-state index is 0.220. The lowest BCUT2D eigenvalue weighted by atomic mass is 10.2. The quantitative estimate of drug-likeness (QED) is 0.713. The lowest BCUT2D eigenvalue weighted by molar-refractivity contribution is 0.430. The number of rotatable bonds is 2. The van der Waals surface area contributed by atoms with Crippen molar-refractivity contribution in [2.24, 2.45) is 0 Å². The fourth-order valence-electron chi connectivity index (χ4n) is 1.12. The first-order valence-electron chi connectivity index (χ1n) is 3.79. The molecule has 0 bridgehead atoms. The Bertz CT molecular complexity index is 569. The maximum atomic E-state index is 10.7. The minimum Gasteiger partial charge on any atom is -0.744 e. The van der Waals surface area contributed by atoms with E-state index in [9.17, 15) is 25.9 Å². The molecule has 0 amide bonds. The van der Waals surface area contributed by atoms with Crippen molar-refractivity contribution in [2.45, 2.75) is 16.7 Å². The smallest absolute Gasteiger partial charge is 0.134 e. The molecule has 0 saturated heterocycles. The summed E-state index contributed by atoms with van der Waals surface area (Å²) in [6.07, 6.45) is 0. The molecule has 1 N–H and O–H groups in total. The van der Waals surface area contributed by atoms with Gasteiger partial charge < -0.3 is 14.2 Å². The van der Waals surface area contributed by atoms with Crippen LogP contribution in [0.3, 0.4) is 0 Å². The van der Waals surface area contributed by atoms with E-state index in [1.54, 1.807) is 0 Å². The molecule has 1 rings (SSSR count). The van der Waals surface area contributed by atoms with Crippen molar-refractivity contribution >= 4 is 20.2 Å². The van der Waals surface area contributed by atoms with Crippen LogP contribution in [0.15, 0.2) is 21.9 Å². The van der Waals surface area contributed by atoms with Gasteiger partial charge in [0.2, 0.25) is 0 Å². The fraction of sp³-hybridized carbons (Fsp3) is 0.143. The van der Waals surface area contributed by atoms with E-state index in [2.05, 4.69) is 0 Å². The van der Waals surface area contributed by atoms with Crippen LogP contribution in [0.1, 0.15) is 5.56 Å². The normalized spacial score (nSPS) is 12.7. The second kappa shape index (κ2) is 3.70. The molecular formula is C7H6O7S2-2. The van der Waals surface area contributed by atoms with Crippen molar-refractivity contribution in [2.75, 3.05) is 0 Å². The van der Waals surface area contributed by atoms with Crippen LogP contribution in [-0.2, 0) is 20.2 Å². The maximum Gasteiger partial charge on any atom is 0.134 e. The number of aromatic hydroxyl groups is 1. The van der Waals surface area contributed by atoms with Crippen LogP contribution < -0.4 is 0 Å². The number of hydrogen-bond acceptors (Lipinski definition) is 7. The van der Waals surface area contributed by atoms with Gasteiger partial charge in [-0.2, -0.15) is 0 Å². The molecule has 0 saturated carbocycles. The van der Waals surface area contributed by atoms with Gasteiger partial charge in [0, 0.05) is 0 Å². The highest BCUT2D eigenvalue weighted by Gasteiger charge is 2.14. The molecule has 16 heavy (non-hydrogen) atoms. The third-order valence-electron chi connectivity index (χ3n) is 1.80. The molecule has 9 heteroatoms. The molecular weight excluding hydrogens is 260 g/mol. The van der Waals surface area contributed by atoms with Gasteiger partial charge in [0.1, 0.15) is 26.0 Å². The number of hydrogen-bond donors (Lipinski definition) is 1. The van der Waals surface area contributed by atoms with Gasteiger partial charge in [-0.15, -0.1) is 0 Å². The Morgan fingerprint density at radius 1 is 1.00 bits per heavy atom. The highest BCUT2D eigenvalue weighted by molar-refractivity contribution is 7.86. The third kappa shape index (κ3) is 2.50. The third-order valence-corrected chi connectivity index (χ3v) is 3.64. The summed E-state index contributed by atoms with van der Waals surface area (Å²) in [6, 6.07) is 1.09. The second-order valence-corrected chi connectivity index (χ2v) is 5.69. The van der Waals surface area contributed by atoms with Crippen LogP contribution in [0.2, 0.25) is 0 Å². The van der Waals surface area contributed by atoms with E-state index in [4.69, 9.17) is 5.11 Å². The zero-order chi connectivity index (χ0) is 12.7. The molecule has 0 aromatic heterocycles. The molecule has 90 valence electrons. The Morgan fingerprint density at radius 2 is 1.44 bits per heavy atom. The van der Waals surface area contributed by atoms with E-state index in [1.807, 2.05) is 0 Å². The van der Waals surface area contributed by atoms with Crippen LogP contribution in [0.4, 0.5) is 0 Å². The number of phenols is 1. The highest BCUT2D eigenvalue weighted by atomic mass is 32.2. The standard InChI is InChI=1S/C7H8O7S2/c1-4-2-7(16(12,13)14)5(8)3-6(4)15(9,10)11/h2-3,8H,1H3,(H,9,10,11)(H,12,13,14)/p-2. The molecule has 0 heterocycles. The maximum absolute atomic E-state index is 10.7. The predicted octanol–water partition coefficient (Wildman–Crippen LogP) is -0.491. The van der Waals surface area contributed by atoms with Gasteiger partial charge in [-0.3, -0.25) is 0 Å². The molecule has 0 fully saturated rings. The Kier molecular flexibility index (Phi) is 2.98. The van der Waals surface area contributed by atoms with E-state index in [0.717, 1.165) is 6.92 Å². The minimum atomic E-state index is -4.92. The predicted molar refractivity (Wildman–Crippen MR) is 48.8 cm³/mol. The number of aryl methyl sites for hydroxylation is 1. The number of phenolic OH excluding ortho intramolecular Hbond substituents is 1. The summed E-state index contributed by atoms with van der Waals surface area (Å²) >= 11 is 0. The van der Waals surface area contributed by atoms with Crippen LogP contribution >= 0.6 is 0 Å². The lowest BCUT2D eigenvalue weighted by Gasteiger charge is -2.15. The Hall–Kier alpha value is -1.16. The average Bonchev–Trinajstić information content (AvgIpc) is 2.04. The Balaban J connectivity index is 3.65. The van der Waals surface area contributed by atoms with Crippen LogP contribution in [0, 0.1) is 6.92 Å². The second-order valence-electron chi connectivity index (χ2n) is 2.99. The average molecular weight is 266 g/mol. The van der Waals surface area contributed by atoms with E-state index in [0.29, 0.717) is 12.1 Å². The summed E-state index contributed by atoms with van der Waals surface area (Å²) in [4.78, 5) is -1.73. The first kappa shape index (κ1) is 12.9. The molecule has 0 aliphatic rings. The van der Waals surface area contributed by atoms with Gasteiger partial charge >= 0.3 is 0 Å². The van der Waals surface area contributed by atoms with Gasteiger partial charge in [0.15, 0.2) is 0 Å². The molecule has 0 unspecified atom stereocenters.